The number of aromatic nitrogens is 1. The molecule has 0 atom stereocenters. The van der Waals surface area contributed by atoms with Gasteiger partial charge in [-0.05, 0) is 19.1 Å². The minimum atomic E-state index is -0.278. The molecule has 0 aliphatic heterocycles. The number of nitrogen functional groups attached to an aromatic ring is 1. The van der Waals surface area contributed by atoms with Crippen LogP contribution < -0.4 is 15.8 Å². The Kier molecular flexibility index (Phi) is 3.47. The Balaban J connectivity index is 2.21. The lowest BCUT2D eigenvalue weighted by Gasteiger charge is -2.08. The number of amides is 1. The quantitative estimate of drug-likeness (QED) is 0.833. The number of thiazole rings is 1. The lowest BCUT2D eigenvalue weighted by Crippen LogP contribution is -2.13. The van der Waals surface area contributed by atoms with Crippen LogP contribution in [0.15, 0.2) is 23.6 Å². The second-order valence-electron chi connectivity index (χ2n) is 3.66. The summed E-state index contributed by atoms with van der Waals surface area (Å²) in [6, 6.07) is 5.09. The number of methoxy groups -OCH3 is 1. The first kappa shape index (κ1) is 12.4. The van der Waals surface area contributed by atoms with Gasteiger partial charge in [-0.2, -0.15) is 0 Å². The number of nitrogens with one attached hydrogen (secondary N) is 1. The van der Waals surface area contributed by atoms with Crippen LogP contribution in [0.2, 0.25) is 0 Å². The fourth-order valence-corrected chi connectivity index (χ4v) is 2.02. The molecule has 3 N–H and O–H groups in total. The van der Waals surface area contributed by atoms with Crippen molar-refractivity contribution in [3.63, 3.8) is 0 Å². The smallest absolute Gasteiger partial charge is 0.275 e. The highest BCUT2D eigenvalue weighted by Gasteiger charge is 2.11. The molecule has 18 heavy (non-hydrogen) atoms. The van der Waals surface area contributed by atoms with Crippen molar-refractivity contribution in [3.8, 4) is 5.75 Å². The molecule has 1 aromatic carbocycles. The summed E-state index contributed by atoms with van der Waals surface area (Å²) in [5.74, 6) is 0.355. The Morgan fingerprint density at radius 3 is 2.89 bits per heavy atom. The van der Waals surface area contributed by atoms with Gasteiger partial charge in [0, 0.05) is 11.4 Å². The van der Waals surface area contributed by atoms with Gasteiger partial charge in [0.15, 0.2) is 0 Å². The van der Waals surface area contributed by atoms with E-state index in [0.717, 1.165) is 5.01 Å². The number of aryl methyl sites for hydroxylation is 1. The number of carbonyl (C=O) groups is 1. The highest BCUT2D eigenvalue weighted by molar-refractivity contribution is 7.09. The van der Waals surface area contributed by atoms with Crippen LogP contribution in [-0.4, -0.2) is 18.0 Å². The van der Waals surface area contributed by atoms with E-state index in [1.807, 2.05) is 6.92 Å². The van der Waals surface area contributed by atoms with Gasteiger partial charge < -0.3 is 15.8 Å². The number of ether oxygens (including phenoxy) is 1. The van der Waals surface area contributed by atoms with Crippen molar-refractivity contribution in [2.75, 3.05) is 18.2 Å². The number of anilines is 2. The van der Waals surface area contributed by atoms with E-state index in [1.165, 1.54) is 11.3 Å². The molecule has 0 saturated heterocycles. The summed E-state index contributed by atoms with van der Waals surface area (Å²) in [7, 11) is 1.56. The number of hydrogen-bond donors (Lipinski definition) is 2. The summed E-state index contributed by atoms with van der Waals surface area (Å²) in [5.41, 5.74) is 7.18. The van der Waals surface area contributed by atoms with Crippen molar-refractivity contribution in [3.05, 3.63) is 34.3 Å². The van der Waals surface area contributed by atoms with Gasteiger partial charge in [-0.15, -0.1) is 11.3 Å². The predicted octanol–water partition coefficient (Wildman–Crippen LogP) is 2.29. The Morgan fingerprint density at radius 1 is 1.50 bits per heavy atom. The minimum absolute atomic E-state index is 0.278. The summed E-state index contributed by atoms with van der Waals surface area (Å²) in [4.78, 5) is 16.0. The average molecular weight is 263 g/mol. The van der Waals surface area contributed by atoms with Crippen molar-refractivity contribution >= 4 is 28.6 Å². The molecule has 5 nitrogen and oxygen atoms in total. The Hall–Kier alpha value is -2.08. The lowest BCUT2D eigenvalue weighted by atomic mass is 10.2. The number of nitrogens with zero attached hydrogens (tertiary/aromatic N) is 1. The predicted molar refractivity (Wildman–Crippen MR) is 72.2 cm³/mol. The maximum Gasteiger partial charge on any atom is 0.275 e. The molecule has 0 spiro atoms. The zero-order valence-corrected chi connectivity index (χ0v) is 10.9. The number of rotatable bonds is 3. The molecule has 0 radical (unpaired) electrons. The SMILES string of the molecule is COc1ccc(N)c(NC(=O)c2csc(C)n2)c1. The maximum atomic E-state index is 11.9. The fourth-order valence-electron chi connectivity index (χ4n) is 1.42. The molecule has 2 rings (SSSR count). The van der Waals surface area contributed by atoms with Crippen LogP contribution in [-0.2, 0) is 0 Å². The lowest BCUT2D eigenvalue weighted by molar-refractivity contribution is 0.102. The normalized spacial score (nSPS) is 10.1. The number of nitrogens with two attached hydrogens (primary N) is 1. The van der Waals surface area contributed by atoms with E-state index in [9.17, 15) is 4.79 Å². The molecule has 0 saturated carbocycles. The highest BCUT2D eigenvalue weighted by Crippen LogP contribution is 2.25. The molecule has 94 valence electrons. The Labute approximate surface area is 109 Å². The van der Waals surface area contributed by atoms with Crippen molar-refractivity contribution < 1.29 is 9.53 Å². The monoisotopic (exact) mass is 263 g/mol. The van der Waals surface area contributed by atoms with Gasteiger partial charge >= 0.3 is 0 Å². The number of hydrogen-bond acceptors (Lipinski definition) is 5. The van der Waals surface area contributed by atoms with Crippen LogP contribution >= 0.6 is 11.3 Å². The molecular weight excluding hydrogens is 250 g/mol. The standard InChI is InChI=1S/C12H13N3O2S/c1-7-14-11(6-18-7)12(16)15-10-5-8(17-2)3-4-9(10)13/h3-6H,13H2,1-2H3,(H,15,16). The van der Waals surface area contributed by atoms with Gasteiger partial charge in [0.2, 0.25) is 0 Å². The summed E-state index contributed by atoms with van der Waals surface area (Å²) in [6.07, 6.45) is 0. The van der Waals surface area contributed by atoms with E-state index in [2.05, 4.69) is 10.3 Å². The van der Waals surface area contributed by atoms with Crippen molar-refractivity contribution in [1.29, 1.82) is 0 Å². The van der Waals surface area contributed by atoms with Crippen molar-refractivity contribution in [1.82, 2.24) is 4.98 Å². The molecule has 2 aromatic rings. The summed E-state index contributed by atoms with van der Waals surface area (Å²) < 4.78 is 5.08. The van der Waals surface area contributed by atoms with Gasteiger partial charge in [0.05, 0.1) is 23.5 Å². The third-order valence-electron chi connectivity index (χ3n) is 2.36. The fraction of sp³-hybridized carbons (Fsp3) is 0.167. The van der Waals surface area contributed by atoms with Gasteiger partial charge in [0.1, 0.15) is 11.4 Å². The molecule has 0 unspecified atom stereocenters. The van der Waals surface area contributed by atoms with Crippen molar-refractivity contribution in [2.45, 2.75) is 6.92 Å². The van der Waals surface area contributed by atoms with Crippen LogP contribution in [0.25, 0.3) is 0 Å². The topological polar surface area (TPSA) is 77.2 Å². The second-order valence-corrected chi connectivity index (χ2v) is 4.72. The molecule has 1 amide bonds. The highest BCUT2D eigenvalue weighted by atomic mass is 32.1. The molecule has 0 aliphatic carbocycles. The van der Waals surface area contributed by atoms with Crippen LogP contribution in [0.5, 0.6) is 5.75 Å². The van der Waals surface area contributed by atoms with E-state index in [0.29, 0.717) is 22.8 Å². The van der Waals surface area contributed by atoms with E-state index in [4.69, 9.17) is 10.5 Å². The molecule has 0 fully saturated rings. The zero-order valence-electron chi connectivity index (χ0n) is 10.1. The largest absolute Gasteiger partial charge is 0.497 e. The molecule has 0 bridgehead atoms. The first-order valence-corrected chi connectivity index (χ1v) is 6.15. The minimum Gasteiger partial charge on any atom is -0.497 e. The Bertz CT molecular complexity index is 580. The third-order valence-corrected chi connectivity index (χ3v) is 3.13. The molecule has 6 heteroatoms. The Morgan fingerprint density at radius 2 is 2.28 bits per heavy atom. The van der Waals surface area contributed by atoms with Crippen LogP contribution in [0.1, 0.15) is 15.5 Å². The molecular formula is C12H13N3O2S. The first-order chi connectivity index (χ1) is 8.60. The van der Waals surface area contributed by atoms with E-state index in [-0.39, 0.29) is 5.91 Å². The van der Waals surface area contributed by atoms with Gasteiger partial charge in [0.25, 0.3) is 5.91 Å². The van der Waals surface area contributed by atoms with Gasteiger partial charge in [-0.3, -0.25) is 4.79 Å². The summed E-state index contributed by atoms with van der Waals surface area (Å²) >= 11 is 1.43. The molecule has 1 aromatic heterocycles. The molecule has 0 aliphatic rings. The van der Waals surface area contributed by atoms with Gasteiger partial charge in [-0.1, -0.05) is 0 Å². The number of benzene rings is 1. The zero-order chi connectivity index (χ0) is 13.1. The van der Waals surface area contributed by atoms with Crippen LogP contribution in [0.3, 0.4) is 0 Å². The molecule has 1 heterocycles. The van der Waals surface area contributed by atoms with Crippen LogP contribution in [0.4, 0.5) is 11.4 Å². The van der Waals surface area contributed by atoms with Crippen LogP contribution in [0, 0.1) is 6.92 Å². The van der Waals surface area contributed by atoms with Gasteiger partial charge in [-0.25, -0.2) is 4.98 Å². The number of carbonyl (C=O) groups excluding carboxylic acids is 1. The third kappa shape index (κ3) is 2.60. The second kappa shape index (κ2) is 5.05. The first-order valence-electron chi connectivity index (χ1n) is 5.27. The van der Waals surface area contributed by atoms with Crippen molar-refractivity contribution in [2.24, 2.45) is 0 Å². The summed E-state index contributed by atoms with van der Waals surface area (Å²) in [6.45, 7) is 1.85. The average Bonchev–Trinajstić information content (AvgIpc) is 2.79. The van der Waals surface area contributed by atoms with E-state index < -0.39 is 0 Å². The summed E-state index contributed by atoms with van der Waals surface area (Å²) in [5, 5.41) is 5.27. The van der Waals surface area contributed by atoms with E-state index in [1.54, 1.807) is 30.7 Å². The maximum absolute atomic E-state index is 11.9. The van der Waals surface area contributed by atoms with E-state index >= 15 is 0 Å².